The number of fused-ring (bicyclic) bond motifs is 1. The Bertz CT molecular complexity index is 590. The van der Waals surface area contributed by atoms with Gasteiger partial charge in [0.2, 0.25) is 5.88 Å². The lowest BCUT2D eigenvalue weighted by Crippen LogP contribution is -2.20. The van der Waals surface area contributed by atoms with E-state index in [4.69, 9.17) is 9.47 Å². The van der Waals surface area contributed by atoms with E-state index < -0.39 is 6.16 Å². The van der Waals surface area contributed by atoms with E-state index in [0.29, 0.717) is 12.5 Å². The van der Waals surface area contributed by atoms with E-state index in [9.17, 15) is 4.79 Å². The minimum absolute atomic E-state index is 0.302. The second-order valence-electron chi connectivity index (χ2n) is 4.78. The fourth-order valence-electron chi connectivity index (χ4n) is 2.03. The lowest BCUT2D eigenvalue weighted by Gasteiger charge is -2.14. The molecule has 2 rings (SSSR count). The van der Waals surface area contributed by atoms with Crippen LogP contribution in [0.5, 0.6) is 5.88 Å². The molecule has 1 heterocycles. The van der Waals surface area contributed by atoms with Crippen LogP contribution in [0.2, 0.25) is 0 Å². The number of likely N-dealkylation sites (N-methyl/N-ethyl adjacent to an activating group) is 1. The SMILES string of the molecule is CCOC(=O)Oc1cc2ccccc2n1CCN(C)C. The zero-order chi connectivity index (χ0) is 14.5. The topological polar surface area (TPSA) is 43.7 Å². The average molecular weight is 276 g/mol. The molecule has 20 heavy (non-hydrogen) atoms. The van der Waals surface area contributed by atoms with Crippen molar-refractivity contribution in [1.82, 2.24) is 9.47 Å². The molecule has 0 saturated carbocycles. The highest BCUT2D eigenvalue weighted by Crippen LogP contribution is 2.25. The van der Waals surface area contributed by atoms with Gasteiger partial charge in [-0.05, 0) is 27.1 Å². The Morgan fingerprint density at radius 2 is 2.05 bits per heavy atom. The summed E-state index contributed by atoms with van der Waals surface area (Å²) < 4.78 is 12.1. The number of nitrogens with zero attached hydrogens (tertiary/aromatic N) is 2. The molecule has 0 amide bonds. The van der Waals surface area contributed by atoms with E-state index >= 15 is 0 Å². The standard InChI is InChI=1S/C15H20N2O3/c1-4-19-15(18)20-14-11-12-7-5-6-8-13(12)17(14)10-9-16(2)3/h5-8,11H,4,9-10H2,1-3H3. The van der Waals surface area contributed by atoms with Crippen LogP contribution in [0.15, 0.2) is 30.3 Å². The lowest BCUT2D eigenvalue weighted by atomic mass is 10.2. The summed E-state index contributed by atoms with van der Waals surface area (Å²) in [4.78, 5) is 13.6. The maximum absolute atomic E-state index is 11.5. The molecule has 108 valence electrons. The zero-order valence-electron chi connectivity index (χ0n) is 12.1. The van der Waals surface area contributed by atoms with Gasteiger partial charge in [-0.15, -0.1) is 0 Å². The van der Waals surface area contributed by atoms with Crippen LogP contribution in [0.25, 0.3) is 10.9 Å². The average Bonchev–Trinajstić information content (AvgIpc) is 2.73. The predicted molar refractivity (Wildman–Crippen MR) is 78.1 cm³/mol. The molecule has 0 spiro atoms. The van der Waals surface area contributed by atoms with E-state index in [1.54, 1.807) is 6.92 Å². The van der Waals surface area contributed by atoms with Crippen molar-refractivity contribution in [1.29, 1.82) is 0 Å². The number of ether oxygens (including phenoxy) is 2. The van der Waals surface area contributed by atoms with Gasteiger partial charge < -0.3 is 18.9 Å². The second-order valence-corrected chi connectivity index (χ2v) is 4.78. The molecule has 1 aromatic carbocycles. The number of hydrogen-bond donors (Lipinski definition) is 0. The van der Waals surface area contributed by atoms with Crippen molar-refractivity contribution in [3.05, 3.63) is 30.3 Å². The van der Waals surface area contributed by atoms with Crippen LogP contribution in [0, 0.1) is 0 Å². The molecule has 0 aliphatic heterocycles. The minimum atomic E-state index is -0.665. The molecule has 0 bridgehead atoms. The number of carbonyl (C=O) groups is 1. The zero-order valence-corrected chi connectivity index (χ0v) is 12.1. The third-order valence-corrected chi connectivity index (χ3v) is 2.99. The van der Waals surface area contributed by atoms with Gasteiger partial charge in [0.15, 0.2) is 0 Å². The third-order valence-electron chi connectivity index (χ3n) is 2.99. The number of rotatable bonds is 5. The molecule has 0 atom stereocenters. The van der Waals surface area contributed by atoms with Gasteiger partial charge in [0.05, 0.1) is 12.1 Å². The molecule has 2 aromatic rings. The summed E-state index contributed by atoms with van der Waals surface area (Å²) in [6, 6.07) is 9.82. The first-order chi connectivity index (χ1) is 9.61. The van der Waals surface area contributed by atoms with E-state index in [2.05, 4.69) is 4.90 Å². The van der Waals surface area contributed by atoms with Gasteiger partial charge in [-0.2, -0.15) is 0 Å². The third kappa shape index (κ3) is 3.30. The Morgan fingerprint density at radius 1 is 1.30 bits per heavy atom. The first-order valence-corrected chi connectivity index (χ1v) is 6.69. The van der Waals surface area contributed by atoms with Crippen molar-refractivity contribution in [3.8, 4) is 5.88 Å². The van der Waals surface area contributed by atoms with Crippen molar-refractivity contribution < 1.29 is 14.3 Å². The largest absolute Gasteiger partial charge is 0.515 e. The first-order valence-electron chi connectivity index (χ1n) is 6.69. The van der Waals surface area contributed by atoms with Crippen molar-refractivity contribution in [2.45, 2.75) is 13.5 Å². The summed E-state index contributed by atoms with van der Waals surface area (Å²) in [7, 11) is 4.02. The Morgan fingerprint density at radius 3 is 2.75 bits per heavy atom. The summed E-state index contributed by atoms with van der Waals surface area (Å²) in [5.41, 5.74) is 1.05. The molecular weight excluding hydrogens is 256 g/mol. The summed E-state index contributed by atoms with van der Waals surface area (Å²) >= 11 is 0. The maximum Gasteiger partial charge on any atom is 0.515 e. The number of benzene rings is 1. The highest BCUT2D eigenvalue weighted by atomic mass is 16.7. The van der Waals surface area contributed by atoms with Crippen LogP contribution in [-0.2, 0) is 11.3 Å². The highest BCUT2D eigenvalue weighted by molar-refractivity contribution is 5.83. The van der Waals surface area contributed by atoms with E-state index in [-0.39, 0.29) is 0 Å². The Labute approximate surface area is 118 Å². The molecule has 0 radical (unpaired) electrons. The van der Waals surface area contributed by atoms with Crippen molar-refractivity contribution in [2.24, 2.45) is 0 Å². The summed E-state index contributed by atoms with van der Waals surface area (Å²) in [6.45, 7) is 3.66. The summed E-state index contributed by atoms with van der Waals surface area (Å²) in [5.74, 6) is 0.520. The van der Waals surface area contributed by atoms with Gasteiger partial charge >= 0.3 is 6.16 Å². The van der Waals surface area contributed by atoms with Crippen LogP contribution in [-0.4, -0.2) is 42.9 Å². The molecule has 0 aliphatic rings. The van der Waals surface area contributed by atoms with Gasteiger partial charge in [0, 0.05) is 24.5 Å². The van der Waals surface area contributed by atoms with Crippen LogP contribution in [0.3, 0.4) is 0 Å². The molecule has 0 saturated heterocycles. The molecule has 0 aliphatic carbocycles. The summed E-state index contributed by atoms with van der Waals surface area (Å²) in [6.07, 6.45) is -0.665. The smallest absolute Gasteiger partial charge is 0.434 e. The molecular formula is C15H20N2O3. The molecule has 1 aromatic heterocycles. The second kappa shape index (κ2) is 6.43. The van der Waals surface area contributed by atoms with E-state index in [1.165, 1.54) is 0 Å². The Kier molecular flexibility index (Phi) is 4.63. The fourth-order valence-corrected chi connectivity index (χ4v) is 2.03. The Balaban J connectivity index is 2.31. The van der Waals surface area contributed by atoms with Gasteiger partial charge in [-0.3, -0.25) is 0 Å². The summed E-state index contributed by atoms with van der Waals surface area (Å²) in [5, 5.41) is 1.05. The van der Waals surface area contributed by atoms with E-state index in [0.717, 1.165) is 24.0 Å². The van der Waals surface area contributed by atoms with E-state index in [1.807, 2.05) is 49.0 Å². The van der Waals surface area contributed by atoms with Crippen LogP contribution >= 0.6 is 0 Å². The van der Waals surface area contributed by atoms with Gasteiger partial charge in [-0.25, -0.2) is 4.79 Å². The molecule has 5 heteroatoms. The molecule has 0 fully saturated rings. The van der Waals surface area contributed by atoms with Gasteiger partial charge in [0.25, 0.3) is 0 Å². The van der Waals surface area contributed by atoms with Crippen LogP contribution in [0.1, 0.15) is 6.92 Å². The predicted octanol–water partition coefficient (Wildman–Crippen LogP) is 2.74. The monoisotopic (exact) mass is 276 g/mol. The number of carbonyl (C=O) groups excluding carboxylic acids is 1. The fraction of sp³-hybridized carbons (Fsp3) is 0.400. The van der Waals surface area contributed by atoms with Crippen LogP contribution < -0.4 is 4.74 Å². The maximum atomic E-state index is 11.5. The highest BCUT2D eigenvalue weighted by Gasteiger charge is 2.13. The normalized spacial score (nSPS) is 11.0. The molecule has 0 N–H and O–H groups in total. The first kappa shape index (κ1) is 14.4. The molecule has 0 unspecified atom stereocenters. The van der Waals surface area contributed by atoms with Crippen molar-refractivity contribution in [2.75, 3.05) is 27.2 Å². The van der Waals surface area contributed by atoms with Crippen molar-refractivity contribution >= 4 is 17.1 Å². The lowest BCUT2D eigenvalue weighted by molar-refractivity contribution is 0.101. The van der Waals surface area contributed by atoms with Gasteiger partial charge in [-0.1, -0.05) is 18.2 Å². The molecule has 5 nitrogen and oxygen atoms in total. The number of hydrogen-bond acceptors (Lipinski definition) is 4. The van der Waals surface area contributed by atoms with Gasteiger partial charge in [0.1, 0.15) is 0 Å². The number of para-hydroxylation sites is 1. The number of aromatic nitrogens is 1. The van der Waals surface area contributed by atoms with Crippen molar-refractivity contribution in [3.63, 3.8) is 0 Å². The Hall–Kier alpha value is -2.01. The van der Waals surface area contributed by atoms with Crippen LogP contribution in [0.4, 0.5) is 4.79 Å². The minimum Gasteiger partial charge on any atom is -0.434 e. The quantitative estimate of drug-likeness (QED) is 0.788.